The van der Waals surface area contributed by atoms with E-state index in [1.807, 2.05) is 28.8 Å². The summed E-state index contributed by atoms with van der Waals surface area (Å²) in [6, 6.07) is 7.48. The van der Waals surface area contributed by atoms with Gasteiger partial charge in [-0.25, -0.2) is 19.4 Å². The van der Waals surface area contributed by atoms with Crippen molar-refractivity contribution in [1.82, 2.24) is 24.3 Å². The quantitative estimate of drug-likeness (QED) is 0.321. The number of thioether (sulfide) groups is 1. The van der Waals surface area contributed by atoms with Gasteiger partial charge < -0.3 is 19.1 Å². The van der Waals surface area contributed by atoms with E-state index >= 15 is 0 Å². The van der Waals surface area contributed by atoms with Gasteiger partial charge in [0.25, 0.3) is 0 Å². The molecule has 9 nitrogen and oxygen atoms in total. The SMILES string of the molecule is COC(=O)C(O)c1cn(CSc2ccc(Cl)cc2)c2c(-n3cnc(C)n3)ncc(OC)c12. The van der Waals surface area contributed by atoms with Gasteiger partial charge in [-0.15, -0.1) is 11.8 Å². The predicted molar refractivity (Wildman–Crippen MR) is 120 cm³/mol. The molecule has 1 aromatic carbocycles. The summed E-state index contributed by atoms with van der Waals surface area (Å²) >= 11 is 7.54. The topological polar surface area (TPSA) is 104 Å². The zero-order valence-corrected chi connectivity index (χ0v) is 19.1. The number of rotatable bonds is 7. The lowest BCUT2D eigenvalue weighted by Crippen LogP contribution is -2.13. The van der Waals surface area contributed by atoms with Crippen molar-refractivity contribution in [3.63, 3.8) is 0 Å². The van der Waals surface area contributed by atoms with Crippen LogP contribution in [-0.2, 0) is 15.4 Å². The van der Waals surface area contributed by atoms with Crippen LogP contribution < -0.4 is 4.74 Å². The number of ether oxygens (including phenoxy) is 2. The van der Waals surface area contributed by atoms with E-state index in [4.69, 9.17) is 21.1 Å². The van der Waals surface area contributed by atoms with Crippen molar-refractivity contribution in [2.24, 2.45) is 0 Å². The highest BCUT2D eigenvalue weighted by molar-refractivity contribution is 7.98. The van der Waals surface area contributed by atoms with Gasteiger partial charge in [-0.05, 0) is 31.2 Å². The normalized spacial score (nSPS) is 12.2. The van der Waals surface area contributed by atoms with E-state index in [-0.39, 0.29) is 0 Å². The summed E-state index contributed by atoms with van der Waals surface area (Å²) in [4.78, 5) is 21.9. The maximum atomic E-state index is 12.2. The summed E-state index contributed by atoms with van der Waals surface area (Å²) in [5, 5.41) is 16.3. The van der Waals surface area contributed by atoms with E-state index in [1.54, 1.807) is 35.9 Å². The monoisotopic (exact) mass is 473 g/mol. The molecule has 0 saturated carbocycles. The average molecular weight is 474 g/mol. The maximum Gasteiger partial charge on any atom is 0.339 e. The van der Waals surface area contributed by atoms with Crippen molar-refractivity contribution in [2.75, 3.05) is 14.2 Å². The van der Waals surface area contributed by atoms with Crippen LogP contribution in [0.15, 0.2) is 47.9 Å². The Kier molecular flexibility index (Phi) is 6.35. The van der Waals surface area contributed by atoms with Gasteiger partial charge in [-0.2, -0.15) is 5.10 Å². The van der Waals surface area contributed by atoms with Crippen LogP contribution in [0.1, 0.15) is 17.5 Å². The minimum atomic E-state index is -1.49. The third-order valence-electron chi connectivity index (χ3n) is 4.82. The second-order valence-electron chi connectivity index (χ2n) is 6.82. The maximum absolute atomic E-state index is 12.2. The standard InChI is InChI=1S/C21H20ClN5O4S/c1-12-24-10-27(25-12)20-18-17(16(30-2)8-23-20)15(19(28)21(29)31-3)9-26(18)11-32-14-6-4-13(22)5-7-14/h4-10,19,28H,11H2,1-3H3. The van der Waals surface area contributed by atoms with Crippen LogP contribution in [0.5, 0.6) is 5.75 Å². The fourth-order valence-corrected chi connectivity index (χ4v) is 4.26. The molecule has 166 valence electrons. The number of methoxy groups -OCH3 is 2. The highest BCUT2D eigenvalue weighted by Gasteiger charge is 2.28. The zero-order chi connectivity index (χ0) is 22.8. The molecule has 3 heterocycles. The van der Waals surface area contributed by atoms with Crippen molar-refractivity contribution in [3.8, 4) is 11.6 Å². The second kappa shape index (κ2) is 9.19. The fraction of sp³-hybridized carbons (Fsp3) is 0.238. The van der Waals surface area contributed by atoms with Crippen LogP contribution in [0.2, 0.25) is 5.02 Å². The van der Waals surface area contributed by atoms with E-state index in [0.717, 1.165) is 4.90 Å². The molecule has 0 amide bonds. The van der Waals surface area contributed by atoms with Gasteiger partial charge in [-0.1, -0.05) is 11.6 Å². The third kappa shape index (κ3) is 4.16. The summed E-state index contributed by atoms with van der Waals surface area (Å²) in [5.41, 5.74) is 0.981. The molecule has 0 saturated heterocycles. The summed E-state index contributed by atoms with van der Waals surface area (Å²) in [6.07, 6.45) is 3.29. The van der Waals surface area contributed by atoms with Crippen LogP contribution in [0.4, 0.5) is 0 Å². The van der Waals surface area contributed by atoms with Gasteiger partial charge in [0.1, 0.15) is 17.9 Å². The van der Waals surface area contributed by atoms with Crippen molar-refractivity contribution < 1.29 is 19.4 Å². The molecule has 0 aliphatic heterocycles. The number of aryl methyl sites for hydroxylation is 1. The van der Waals surface area contributed by atoms with Gasteiger partial charge in [0.15, 0.2) is 11.9 Å². The van der Waals surface area contributed by atoms with Crippen molar-refractivity contribution in [1.29, 1.82) is 0 Å². The molecule has 0 aliphatic carbocycles. The Labute approximate surface area is 192 Å². The number of carbonyl (C=O) groups excluding carboxylic acids is 1. The van der Waals surface area contributed by atoms with E-state index in [2.05, 4.69) is 15.1 Å². The predicted octanol–water partition coefficient (Wildman–Crippen LogP) is 3.54. The fourth-order valence-electron chi connectivity index (χ4n) is 3.31. The smallest absolute Gasteiger partial charge is 0.339 e. The van der Waals surface area contributed by atoms with Crippen LogP contribution in [0.25, 0.3) is 16.7 Å². The van der Waals surface area contributed by atoms with E-state index in [0.29, 0.717) is 44.8 Å². The number of nitrogens with zero attached hydrogens (tertiary/aromatic N) is 5. The molecule has 1 atom stereocenters. The molecule has 11 heteroatoms. The van der Waals surface area contributed by atoms with Crippen molar-refractivity contribution >= 4 is 40.2 Å². The lowest BCUT2D eigenvalue weighted by atomic mass is 10.1. The highest BCUT2D eigenvalue weighted by Crippen LogP contribution is 2.38. The van der Waals surface area contributed by atoms with Crippen LogP contribution >= 0.6 is 23.4 Å². The molecule has 32 heavy (non-hydrogen) atoms. The molecule has 1 unspecified atom stereocenters. The summed E-state index contributed by atoms with van der Waals surface area (Å²) in [5.74, 6) is 1.17. The molecule has 4 aromatic rings. The van der Waals surface area contributed by atoms with E-state index < -0.39 is 12.1 Å². The number of halogens is 1. The molecule has 0 aliphatic rings. The zero-order valence-electron chi connectivity index (χ0n) is 17.5. The Morgan fingerprint density at radius 1 is 1.25 bits per heavy atom. The molecule has 0 fully saturated rings. The lowest BCUT2D eigenvalue weighted by Gasteiger charge is -2.11. The number of aliphatic hydroxyl groups is 1. The van der Waals surface area contributed by atoms with Gasteiger partial charge in [-0.3, -0.25) is 0 Å². The minimum absolute atomic E-state index is 0.348. The Morgan fingerprint density at radius 3 is 2.62 bits per heavy atom. The third-order valence-corrected chi connectivity index (χ3v) is 6.08. The summed E-state index contributed by atoms with van der Waals surface area (Å²) < 4.78 is 13.7. The average Bonchev–Trinajstić information content (AvgIpc) is 3.41. The van der Waals surface area contributed by atoms with Gasteiger partial charge in [0.2, 0.25) is 0 Å². The second-order valence-corrected chi connectivity index (χ2v) is 8.27. The number of aliphatic hydroxyl groups excluding tert-OH is 1. The minimum Gasteiger partial charge on any atom is -0.494 e. The lowest BCUT2D eigenvalue weighted by molar-refractivity contribution is -0.150. The number of hydrogen-bond acceptors (Lipinski definition) is 8. The number of benzene rings is 1. The van der Waals surface area contributed by atoms with Crippen LogP contribution in [0.3, 0.4) is 0 Å². The van der Waals surface area contributed by atoms with Crippen LogP contribution in [0, 0.1) is 6.92 Å². The Morgan fingerprint density at radius 2 is 2.00 bits per heavy atom. The Balaban J connectivity index is 1.90. The first kappa shape index (κ1) is 22.1. The first-order chi connectivity index (χ1) is 15.4. The Hall–Kier alpha value is -3.08. The first-order valence-corrected chi connectivity index (χ1v) is 10.9. The molecule has 0 spiro atoms. The van der Waals surface area contributed by atoms with Gasteiger partial charge >= 0.3 is 5.97 Å². The van der Waals surface area contributed by atoms with Crippen molar-refractivity contribution in [2.45, 2.75) is 23.8 Å². The number of fused-ring (bicyclic) bond motifs is 1. The van der Waals surface area contributed by atoms with Gasteiger partial charge in [0, 0.05) is 21.7 Å². The Bertz CT molecular complexity index is 1270. The van der Waals surface area contributed by atoms with Crippen LogP contribution in [-0.4, -0.2) is 49.6 Å². The van der Waals surface area contributed by atoms with E-state index in [9.17, 15) is 9.90 Å². The number of carbonyl (C=O) groups is 1. The van der Waals surface area contributed by atoms with Crippen molar-refractivity contribution in [3.05, 3.63) is 59.4 Å². The number of esters is 1. The van der Waals surface area contributed by atoms with Gasteiger partial charge in [0.05, 0.1) is 37.2 Å². The largest absolute Gasteiger partial charge is 0.494 e. The first-order valence-electron chi connectivity index (χ1n) is 9.51. The molecule has 3 aromatic heterocycles. The molecular formula is C21H20ClN5O4S. The molecule has 0 bridgehead atoms. The molecule has 0 radical (unpaired) electrons. The molecule has 1 N–H and O–H groups in total. The molecular weight excluding hydrogens is 454 g/mol. The molecule has 4 rings (SSSR count). The number of pyridine rings is 1. The highest BCUT2D eigenvalue weighted by atomic mass is 35.5. The summed E-state index contributed by atoms with van der Waals surface area (Å²) in [7, 11) is 2.73. The number of aromatic nitrogens is 5. The van der Waals surface area contributed by atoms with E-state index in [1.165, 1.54) is 20.4 Å². The number of hydrogen-bond donors (Lipinski definition) is 1. The summed E-state index contributed by atoms with van der Waals surface area (Å²) in [6.45, 7) is 1.78.